The number of ether oxygens (including phenoxy) is 1. The van der Waals surface area contributed by atoms with E-state index in [2.05, 4.69) is 0 Å². The van der Waals surface area contributed by atoms with Gasteiger partial charge in [0, 0.05) is 17.7 Å². The van der Waals surface area contributed by atoms with Crippen molar-refractivity contribution in [2.75, 3.05) is 7.11 Å². The quantitative estimate of drug-likeness (QED) is 0.762. The van der Waals surface area contributed by atoms with Crippen molar-refractivity contribution in [2.24, 2.45) is 5.92 Å². The summed E-state index contributed by atoms with van der Waals surface area (Å²) >= 11 is 0. The van der Waals surface area contributed by atoms with Gasteiger partial charge in [0.2, 0.25) is 0 Å². The Kier molecular flexibility index (Phi) is 3.56. The van der Waals surface area contributed by atoms with E-state index in [0.717, 1.165) is 6.07 Å². The SMILES string of the molecule is COc1cc(F)cc(F)c1C(C)(C)C(C)C. The Bertz CT molecular complexity index is 384. The maximum atomic E-state index is 13.8. The molecule has 0 unspecified atom stereocenters. The van der Waals surface area contributed by atoms with Crippen LogP contribution in [0.2, 0.25) is 0 Å². The van der Waals surface area contributed by atoms with Crippen LogP contribution in [0.25, 0.3) is 0 Å². The van der Waals surface area contributed by atoms with Gasteiger partial charge in [-0.2, -0.15) is 0 Å². The molecule has 0 amide bonds. The van der Waals surface area contributed by atoms with Crippen molar-refractivity contribution in [2.45, 2.75) is 33.1 Å². The van der Waals surface area contributed by atoms with E-state index in [1.165, 1.54) is 13.2 Å². The van der Waals surface area contributed by atoms with Gasteiger partial charge in [0.25, 0.3) is 0 Å². The van der Waals surface area contributed by atoms with E-state index in [0.29, 0.717) is 5.56 Å². The lowest BCUT2D eigenvalue weighted by atomic mass is 9.74. The van der Waals surface area contributed by atoms with E-state index in [1.807, 2.05) is 27.7 Å². The Morgan fingerprint density at radius 1 is 1.19 bits per heavy atom. The summed E-state index contributed by atoms with van der Waals surface area (Å²) in [5.41, 5.74) is 0.0368. The predicted molar refractivity (Wildman–Crippen MR) is 60.8 cm³/mol. The Morgan fingerprint density at radius 3 is 2.19 bits per heavy atom. The molecule has 0 bridgehead atoms. The zero-order valence-electron chi connectivity index (χ0n) is 10.4. The molecule has 0 aliphatic heterocycles. The minimum Gasteiger partial charge on any atom is -0.496 e. The Labute approximate surface area is 95.4 Å². The molecule has 1 aromatic carbocycles. The number of benzene rings is 1. The van der Waals surface area contributed by atoms with Gasteiger partial charge in [-0.1, -0.05) is 27.7 Å². The lowest BCUT2D eigenvalue weighted by Crippen LogP contribution is -2.26. The standard InChI is InChI=1S/C13H18F2O/c1-8(2)13(3,4)12-10(15)6-9(14)7-11(12)16-5/h6-8H,1-5H3. The molecule has 3 heteroatoms. The summed E-state index contributed by atoms with van der Waals surface area (Å²) in [4.78, 5) is 0. The van der Waals surface area contributed by atoms with Crippen molar-refractivity contribution in [3.8, 4) is 5.75 Å². The second kappa shape index (κ2) is 4.40. The van der Waals surface area contributed by atoms with Gasteiger partial charge < -0.3 is 4.74 Å². The van der Waals surface area contributed by atoms with Crippen LogP contribution < -0.4 is 4.74 Å². The van der Waals surface area contributed by atoms with Gasteiger partial charge in [-0.25, -0.2) is 8.78 Å². The maximum Gasteiger partial charge on any atom is 0.133 e. The van der Waals surface area contributed by atoms with Crippen molar-refractivity contribution in [3.05, 3.63) is 29.3 Å². The van der Waals surface area contributed by atoms with E-state index in [4.69, 9.17) is 4.74 Å². The molecular formula is C13H18F2O. The van der Waals surface area contributed by atoms with Crippen LogP contribution in [-0.4, -0.2) is 7.11 Å². The van der Waals surface area contributed by atoms with Crippen LogP contribution in [0.15, 0.2) is 12.1 Å². The Hall–Kier alpha value is -1.12. The van der Waals surface area contributed by atoms with Crippen LogP contribution in [0.5, 0.6) is 5.75 Å². The molecule has 0 N–H and O–H groups in total. The van der Waals surface area contributed by atoms with E-state index in [9.17, 15) is 8.78 Å². The molecule has 0 heterocycles. The van der Waals surface area contributed by atoms with Crippen LogP contribution in [-0.2, 0) is 5.41 Å². The van der Waals surface area contributed by atoms with Gasteiger partial charge in [0.05, 0.1) is 7.11 Å². The van der Waals surface area contributed by atoms with Gasteiger partial charge >= 0.3 is 0 Å². The average molecular weight is 228 g/mol. The highest BCUT2D eigenvalue weighted by molar-refractivity contribution is 5.41. The van der Waals surface area contributed by atoms with E-state index >= 15 is 0 Å². The first-order valence-corrected chi connectivity index (χ1v) is 5.34. The molecule has 16 heavy (non-hydrogen) atoms. The molecule has 1 nitrogen and oxygen atoms in total. The summed E-state index contributed by atoms with van der Waals surface area (Å²) in [5.74, 6) is -0.661. The number of halogens is 2. The number of hydrogen-bond acceptors (Lipinski definition) is 1. The average Bonchev–Trinajstić information content (AvgIpc) is 2.15. The normalized spacial score (nSPS) is 12.0. The van der Waals surface area contributed by atoms with Crippen molar-refractivity contribution < 1.29 is 13.5 Å². The molecule has 0 saturated heterocycles. The maximum absolute atomic E-state index is 13.8. The Balaban J connectivity index is 3.43. The van der Waals surface area contributed by atoms with Crippen LogP contribution in [0.4, 0.5) is 8.78 Å². The van der Waals surface area contributed by atoms with Gasteiger partial charge in [0.1, 0.15) is 17.4 Å². The fraction of sp³-hybridized carbons (Fsp3) is 0.538. The lowest BCUT2D eigenvalue weighted by molar-refractivity contribution is 0.325. The largest absolute Gasteiger partial charge is 0.496 e. The summed E-state index contributed by atoms with van der Waals surface area (Å²) in [5, 5.41) is 0. The van der Waals surface area contributed by atoms with E-state index < -0.39 is 17.0 Å². The third kappa shape index (κ3) is 2.18. The van der Waals surface area contributed by atoms with Crippen LogP contribution in [0.1, 0.15) is 33.3 Å². The summed E-state index contributed by atoms with van der Waals surface area (Å²) in [6, 6.07) is 2.13. The molecule has 0 atom stereocenters. The van der Waals surface area contributed by atoms with Gasteiger partial charge in [-0.15, -0.1) is 0 Å². The highest BCUT2D eigenvalue weighted by Crippen LogP contribution is 2.39. The molecular weight excluding hydrogens is 210 g/mol. The van der Waals surface area contributed by atoms with Gasteiger partial charge in [-0.3, -0.25) is 0 Å². The third-order valence-corrected chi connectivity index (χ3v) is 3.33. The topological polar surface area (TPSA) is 9.23 Å². The zero-order valence-corrected chi connectivity index (χ0v) is 10.4. The fourth-order valence-electron chi connectivity index (χ4n) is 1.62. The first kappa shape index (κ1) is 12.9. The monoisotopic (exact) mass is 228 g/mol. The van der Waals surface area contributed by atoms with Crippen molar-refractivity contribution in [1.29, 1.82) is 0 Å². The highest BCUT2D eigenvalue weighted by atomic mass is 19.1. The molecule has 0 saturated carbocycles. The molecule has 1 rings (SSSR count). The minimum atomic E-state index is -0.613. The summed E-state index contributed by atoms with van der Waals surface area (Å²) in [6.45, 7) is 7.86. The molecule has 0 spiro atoms. The predicted octanol–water partition coefficient (Wildman–Crippen LogP) is 3.91. The molecule has 0 fully saturated rings. The zero-order chi connectivity index (χ0) is 12.5. The minimum absolute atomic E-state index is 0.223. The first-order chi connectivity index (χ1) is 7.30. The van der Waals surface area contributed by atoms with E-state index in [1.54, 1.807) is 0 Å². The number of hydrogen-bond donors (Lipinski definition) is 0. The number of methoxy groups -OCH3 is 1. The van der Waals surface area contributed by atoms with Crippen molar-refractivity contribution >= 4 is 0 Å². The number of rotatable bonds is 3. The van der Waals surface area contributed by atoms with Gasteiger partial charge in [0.15, 0.2) is 0 Å². The van der Waals surface area contributed by atoms with Crippen molar-refractivity contribution in [3.63, 3.8) is 0 Å². The lowest BCUT2D eigenvalue weighted by Gasteiger charge is -2.31. The molecule has 0 aromatic heterocycles. The molecule has 0 aliphatic carbocycles. The second-order valence-corrected chi connectivity index (χ2v) is 4.84. The highest BCUT2D eigenvalue weighted by Gasteiger charge is 2.31. The second-order valence-electron chi connectivity index (χ2n) is 4.84. The summed E-state index contributed by atoms with van der Waals surface area (Å²) in [7, 11) is 1.42. The van der Waals surface area contributed by atoms with Gasteiger partial charge in [-0.05, 0) is 11.3 Å². The van der Waals surface area contributed by atoms with Crippen LogP contribution in [0, 0.1) is 17.6 Å². The third-order valence-electron chi connectivity index (χ3n) is 3.33. The molecule has 0 aliphatic rings. The smallest absolute Gasteiger partial charge is 0.133 e. The fourth-order valence-corrected chi connectivity index (χ4v) is 1.62. The molecule has 0 radical (unpaired) electrons. The van der Waals surface area contributed by atoms with Crippen LogP contribution >= 0.6 is 0 Å². The van der Waals surface area contributed by atoms with E-state index in [-0.39, 0.29) is 11.7 Å². The molecule has 90 valence electrons. The Morgan fingerprint density at radius 2 is 1.75 bits per heavy atom. The van der Waals surface area contributed by atoms with Crippen molar-refractivity contribution in [1.82, 2.24) is 0 Å². The first-order valence-electron chi connectivity index (χ1n) is 5.34. The summed E-state index contributed by atoms with van der Waals surface area (Å²) < 4.78 is 32.0. The summed E-state index contributed by atoms with van der Waals surface area (Å²) in [6.07, 6.45) is 0. The van der Waals surface area contributed by atoms with Crippen LogP contribution in [0.3, 0.4) is 0 Å². The molecule has 1 aromatic rings.